The molecule has 0 saturated carbocycles. The molecule has 5 N–H and O–H groups in total. The van der Waals surface area contributed by atoms with Gasteiger partial charge in [0, 0.05) is 7.11 Å². The van der Waals surface area contributed by atoms with Gasteiger partial charge in [-0.2, -0.15) is 0 Å². The minimum atomic E-state index is -1.27. The van der Waals surface area contributed by atoms with Crippen LogP contribution in [0.15, 0.2) is 0 Å². The lowest BCUT2D eigenvalue weighted by atomic mass is 9.98. The molecule has 0 aromatic heterocycles. The fourth-order valence-electron chi connectivity index (χ4n) is 1.27. The van der Waals surface area contributed by atoms with Gasteiger partial charge in [-0.05, 0) is 0 Å². The Labute approximate surface area is 75.9 Å². The van der Waals surface area contributed by atoms with Crippen molar-refractivity contribution in [2.75, 3.05) is 13.7 Å². The Morgan fingerprint density at radius 1 is 1.31 bits per heavy atom. The summed E-state index contributed by atoms with van der Waals surface area (Å²) in [5.74, 6) is 0. The van der Waals surface area contributed by atoms with Crippen LogP contribution in [-0.4, -0.2) is 59.7 Å². The van der Waals surface area contributed by atoms with E-state index in [-0.39, 0.29) is 6.61 Å². The summed E-state index contributed by atoms with van der Waals surface area (Å²) in [7, 11) is 1.43. The molecule has 6 nitrogen and oxygen atoms in total. The summed E-state index contributed by atoms with van der Waals surface area (Å²) >= 11 is 0. The molecular formula is C7H15NO5. The lowest BCUT2D eigenvalue weighted by Gasteiger charge is -2.38. The molecule has 5 atom stereocenters. The maximum absolute atomic E-state index is 9.41. The number of ether oxygens (including phenoxy) is 2. The van der Waals surface area contributed by atoms with Crippen molar-refractivity contribution in [3.63, 3.8) is 0 Å². The van der Waals surface area contributed by atoms with Crippen LogP contribution in [0.3, 0.4) is 0 Å². The molecule has 1 rings (SSSR count). The van der Waals surface area contributed by atoms with Crippen molar-refractivity contribution >= 4 is 0 Å². The first-order chi connectivity index (χ1) is 6.07. The predicted molar refractivity (Wildman–Crippen MR) is 42.7 cm³/mol. The second kappa shape index (κ2) is 4.32. The summed E-state index contributed by atoms with van der Waals surface area (Å²) in [4.78, 5) is 0. The minimum absolute atomic E-state index is 0.0992. The van der Waals surface area contributed by atoms with Gasteiger partial charge in [-0.15, -0.1) is 0 Å². The van der Waals surface area contributed by atoms with E-state index in [1.165, 1.54) is 7.11 Å². The Balaban J connectivity index is 2.59. The zero-order chi connectivity index (χ0) is 10.0. The molecule has 1 unspecified atom stereocenters. The standard InChI is InChI=1S/C7H15NO5/c1-12-2-3-5(9)6(10)4(8)7(11)13-3/h3-7,9-11H,2,8H2,1H3/t3-,4-,5+,6-,7?/m1/s1. The fraction of sp³-hybridized carbons (Fsp3) is 1.00. The van der Waals surface area contributed by atoms with Crippen molar-refractivity contribution in [3.8, 4) is 0 Å². The number of aliphatic hydroxyl groups excluding tert-OH is 3. The van der Waals surface area contributed by atoms with E-state index < -0.39 is 30.6 Å². The molecular weight excluding hydrogens is 178 g/mol. The summed E-state index contributed by atoms with van der Waals surface area (Å²) in [6.45, 7) is 0.0992. The van der Waals surface area contributed by atoms with Gasteiger partial charge < -0.3 is 30.5 Å². The average Bonchev–Trinajstić information content (AvgIpc) is 2.11. The SMILES string of the molecule is COC[C@H]1OC(O)[C@H](N)[C@@H](O)[C@H]1O. The van der Waals surface area contributed by atoms with Crippen molar-refractivity contribution < 1.29 is 24.8 Å². The highest BCUT2D eigenvalue weighted by Gasteiger charge is 2.41. The number of aliphatic hydroxyl groups is 3. The van der Waals surface area contributed by atoms with Gasteiger partial charge in [-0.1, -0.05) is 0 Å². The van der Waals surface area contributed by atoms with Gasteiger partial charge in [0.25, 0.3) is 0 Å². The highest BCUT2D eigenvalue weighted by molar-refractivity contribution is 4.90. The first-order valence-corrected chi connectivity index (χ1v) is 4.02. The topological polar surface area (TPSA) is 105 Å². The average molecular weight is 193 g/mol. The van der Waals surface area contributed by atoms with E-state index in [0.717, 1.165) is 0 Å². The van der Waals surface area contributed by atoms with Crippen LogP contribution in [0.2, 0.25) is 0 Å². The zero-order valence-electron chi connectivity index (χ0n) is 7.33. The van der Waals surface area contributed by atoms with Gasteiger partial charge in [0.05, 0.1) is 12.6 Å². The molecule has 1 aliphatic rings. The summed E-state index contributed by atoms with van der Waals surface area (Å²) in [6.07, 6.45) is -4.32. The van der Waals surface area contributed by atoms with Crippen LogP contribution in [-0.2, 0) is 9.47 Å². The van der Waals surface area contributed by atoms with Crippen molar-refractivity contribution in [1.82, 2.24) is 0 Å². The first-order valence-electron chi connectivity index (χ1n) is 4.02. The number of hydrogen-bond acceptors (Lipinski definition) is 6. The van der Waals surface area contributed by atoms with Gasteiger partial charge in [0.1, 0.15) is 18.3 Å². The largest absolute Gasteiger partial charge is 0.388 e. The van der Waals surface area contributed by atoms with E-state index in [9.17, 15) is 15.3 Å². The predicted octanol–water partition coefficient (Wildman–Crippen LogP) is -2.60. The van der Waals surface area contributed by atoms with Crippen LogP contribution >= 0.6 is 0 Å². The minimum Gasteiger partial charge on any atom is -0.388 e. The Hall–Kier alpha value is -0.240. The molecule has 1 fully saturated rings. The lowest BCUT2D eigenvalue weighted by molar-refractivity contribution is -0.250. The van der Waals surface area contributed by atoms with Crippen LogP contribution in [0.5, 0.6) is 0 Å². The second-order valence-electron chi connectivity index (χ2n) is 3.08. The normalized spacial score (nSPS) is 46.4. The Morgan fingerprint density at radius 3 is 2.46 bits per heavy atom. The first kappa shape index (κ1) is 10.8. The molecule has 6 heteroatoms. The smallest absolute Gasteiger partial charge is 0.173 e. The Kier molecular flexibility index (Phi) is 3.60. The molecule has 1 heterocycles. The summed E-state index contributed by atoms with van der Waals surface area (Å²) < 4.78 is 9.65. The number of rotatable bonds is 2. The molecule has 13 heavy (non-hydrogen) atoms. The molecule has 78 valence electrons. The van der Waals surface area contributed by atoms with Crippen molar-refractivity contribution in [3.05, 3.63) is 0 Å². The quantitative estimate of drug-likeness (QED) is 0.383. The van der Waals surface area contributed by atoms with E-state index in [1.54, 1.807) is 0 Å². The Morgan fingerprint density at radius 2 is 1.92 bits per heavy atom. The van der Waals surface area contributed by atoms with E-state index in [2.05, 4.69) is 0 Å². The molecule has 0 aliphatic carbocycles. The zero-order valence-corrected chi connectivity index (χ0v) is 7.33. The van der Waals surface area contributed by atoms with E-state index in [0.29, 0.717) is 0 Å². The maximum atomic E-state index is 9.41. The highest BCUT2D eigenvalue weighted by atomic mass is 16.6. The fourth-order valence-corrected chi connectivity index (χ4v) is 1.27. The highest BCUT2D eigenvalue weighted by Crippen LogP contribution is 2.18. The van der Waals surface area contributed by atoms with Crippen molar-refractivity contribution in [1.29, 1.82) is 0 Å². The molecule has 0 aromatic carbocycles. The molecule has 1 saturated heterocycles. The van der Waals surface area contributed by atoms with Gasteiger partial charge in [-0.3, -0.25) is 0 Å². The molecule has 0 bridgehead atoms. The molecule has 0 spiro atoms. The van der Waals surface area contributed by atoms with Crippen LogP contribution < -0.4 is 5.73 Å². The molecule has 0 aromatic rings. The summed E-state index contributed by atoms with van der Waals surface area (Å²) in [5.41, 5.74) is 5.34. The summed E-state index contributed by atoms with van der Waals surface area (Å²) in [6, 6.07) is -0.983. The van der Waals surface area contributed by atoms with E-state index >= 15 is 0 Å². The monoisotopic (exact) mass is 193 g/mol. The third-order valence-electron chi connectivity index (χ3n) is 2.10. The van der Waals surface area contributed by atoms with Crippen LogP contribution in [0.25, 0.3) is 0 Å². The molecule has 0 amide bonds. The number of methoxy groups -OCH3 is 1. The third-order valence-corrected chi connectivity index (χ3v) is 2.10. The van der Waals surface area contributed by atoms with Crippen molar-refractivity contribution in [2.24, 2.45) is 5.73 Å². The van der Waals surface area contributed by atoms with E-state index in [4.69, 9.17) is 15.2 Å². The lowest BCUT2D eigenvalue weighted by Crippen LogP contribution is -2.61. The van der Waals surface area contributed by atoms with Crippen LogP contribution in [0, 0.1) is 0 Å². The van der Waals surface area contributed by atoms with Gasteiger partial charge in [-0.25, -0.2) is 0 Å². The Bertz CT molecular complexity index is 167. The van der Waals surface area contributed by atoms with Gasteiger partial charge >= 0.3 is 0 Å². The maximum Gasteiger partial charge on any atom is 0.173 e. The molecule has 0 radical (unpaired) electrons. The summed E-state index contributed by atoms with van der Waals surface area (Å²) in [5, 5.41) is 27.9. The van der Waals surface area contributed by atoms with Gasteiger partial charge in [0.15, 0.2) is 6.29 Å². The van der Waals surface area contributed by atoms with Crippen molar-refractivity contribution in [2.45, 2.75) is 30.6 Å². The van der Waals surface area contributed by atoms with Gasteiger partial charge in [0.2, 0.25) is 0 Å². The third kappa shape index (κ3) is 2.16. The molecule has 1 aliphatic heterocycles. The van der Waals surface area contributed by atoms with Crippen LogP contribution in [0.4, 0.5) is 0 Å². The number of hydrogen-bond donors (Lipinski definition) is 4. The second-order valence-corrected chi connectivity index (χ2v) is 3.08. The van der Waals surface area contributed by atoms with E-state index in [1.807, 2.05) is 0 Å². The van der Waals surface area contributed by atoms with Crippen LogP contribution in [0.1, 0.15) is 0 Å². The number of nitrogens with two attached hydrogens (primary N) is 1.